The molecule has 0 amide bonds. The second-order valence-electron chi connectivity index (χ2n) is 8.03. The number of fused-ring (bicyclic) bond motifs is 2. The normalized spacial score (nSPS) is 14.2. The smallest absolute Gasteiger partial charge is 0.231 e. The third-order valence-electron chi connectivity index (χ3n) is 5.75. The fourth-order valence-corrected chi connectivity index (χ4v) is 4.00. The van der Waals surface area contributed by atoms with Crippen LogP contribution in [0.5, 0.6) is 11.5 Å². The number of hydrogen-bond acceptors (Lipinski definition) is 3. The molecular weight excluding hydrogens is 386 g/mol. The zero-order chi connectivity index (χ0) is 21.5. The molecule has 4 nitrogen and oxygen atoms in total. The van der Waals surface area contributed by atoms with Crippen LogP contribution in [-0.4, -0.2) is 10.4 Å². The van der Waals surface area contributed by atoms with Crippen molar-refractivity contribution >= 4 is 22.8 Å². The van der Waals surface area contributed by atoms with Gasteiger partial charge in [0.15, 0.2) is 5.76 Å². The van der Waals surface area contributed by atoms with Crippen LogP contribution in [0.15, 0.2) is 72.6 Å². The largest absolute Gasteiger partial charge is 0.489 e. The van der Waals surface area contributed by atoms with E-state index in [1.807, 2.05) is 48.2 Å². The second kappa shape index (κ2) is 7.47. The van der Waals surface area contributed by atoms with E-state index in [-0.39, 0.29) is 5.78 Å². The van der Waals surface area contributed by atoms with Gasteiger partial charge in [-0.1, -0.05) is 42.0 Å². The van der Waals surface area contributed by atoms with Crippen LogP contribution >= 0.6 is 0 Å². The van der Waals surface area contributed by atoms with Gasteiger partial charge in [-0.05, 0) is 49.2 Å². The Kier molecular flexibility index (Phi) is 4.63. The third kappa shape index (κ3) is 3.50. The molecule has 0 aliphatic carbocycles. The summed E-state index contributed by atoms with van der Waals surface area (Å²) >= 11 is 0. The van der Waals surface area contributed by atoms with Crippen LogP contribution in [0.1, 0.15) is 32.6 Å². The number of ether oxygens (including phenoxy) is 2. The standard InChI is InChI=1S/C27H23NO3/c1-17-8-9-18(2)20(12-17)16-30-21-10-11-23-25(14-21)31-26(27(23)29)13-19-15-28(3)24-7-5-4-6-22(19)24/h4-15H,16H2,1-3H3/b26-13+. The highest BCUT2D eigenvalue weighted by molar-refractivity contribution is 6.15. The molecule has 0 bridgehead atoms. The van der Waals surface area contributed by atoms with Crippen molar-refractivity contribution in [1.82, 2.24) is 4.57 Å². The molecule has 0 radical (unpaired) electrons. The van der Waals surface area contributed by atoms with Gasteiger partial charge in [0.25, 0.3) is 0 Å². The molecule has 154 valence electrons. The Balaban J connectivity index is 1.39. The fraction of sp³-hybridized carbons (Fsp3) is 0.148. The SMILES string of the molecule is Cc1ccc(C)c(COc2ccc3c(c2)O/C(=C/c2cn(C)c4ccccc24)C3=O)c1. The van der Waals surface area contributed by atoms with Crippen LogP contribution < -0.4 is 9.47 Å². The van der Waals surface area contributed by atoms with Gasteiger partial charge in [0, 0.05) is 35.8 Å². The molecule has 0 saturated heterocycles. The highest BCUT2D eigenvalue weighted by Crippen LogP contribution is 2.36. The Labute approximate surface area is 181 Å². The predicted octanol–water partition coefficient (Wildman–Crippen LogP) is 5.99. The summed E-state index contributed by atoms with van der Waals surface area (Å²) in [4.78, 5) is 12.9. The number of nitrogens with zero attached hydrogens (tertiary/aromatic N) is 1. The van der Waals surface area contributed by atoms with Gasteiger partial charge in [-0.3, -0.25) is 4.79 Å². The minimum absolute atomic E-state index is 0.107. The van der Waals surface area contributed by atoms with E-state index in [4.69, 9.17) is 9.47 Å². The van der Waals surface area contributed by atoms with Gasteiger partial charge in [0.2, 0.25) is 5.78 Å². The van der Waals surface area contributed by atoms with Crippen molar-refractivity contribution in [2.45, 2.75) is 20.5 Å². The Morgan fingerprint density at radius 1 is 1.03 bits per heavy atom. The molecular formula is C27H23NO3. The summed E-state index contributed by atoms with van der Waals surface area (Å²) in [5.41, 5.74) is 6.17. The Morgan fingerprint density at radius 2 is 1.87 bits per heavy atom. The first-order valence-electron chi connectivity index (χ1n) is 10.3. The highest BCUT2D eigenvalue weighted by atomic mass is 16.5. The summed E-state index contributed by atoms with van der Waals surface area (Å²) in [6, 6.07) is 19.8. The topological polar surface area (TPSA) is 40.5 Å². The Hall–Kier alpha value is -3.79. The molecule has 31 heavy (non-hydrogen) atoms. The monoisotopic (exact) mass is 409 g/mol. The molecule has 0 atom stereocenters. The molecule has 1 aliphatic heterocycles. The van der Waals surface area contributed by atoms with Gasteiger partial charge in [0.05, 0.1) is 5.56 Å². The maximum atomic E-state index is 12.9. The van der Waals surface area contributed by atoms with Crippen LogP contribution in [0.4, 0.5) is 0 Å². The lowest BCUT2D eigenvalue weighted by Crippen LogP contribution is -1.99. The van der Waals surface area contributed by atoms with E-state index in [0.29, 0.717) is 29.4 Å². The summed E-state index contributed by atoms with van der Waals surface area (Å²) in [7, 11) is 2.00. The van der Waals surface area contributed by atoms with E-state index in [2.05, 4.69) is 38.1 Å². The number of rotatable bonds is 4. The van der Waals surface area contributed by atoms with Crippen molar-refractivity contribution in [2.24, 2.45) is 7.05 Å². The zero-order valence-corrected chi connectivity index (χ0v) is 17.8. The average molecular weight is 409 g/mol. The van der Waals surface area contributed by atoms with Gasteiger partial charge in [-0.25, -0.2) is 0 Å². The van der Waals surface area contributed by atoms with Gasteiger partial charge >= 0.3 is 0 Å². The number of aryl methyl sites for hydroxylation is 3. The molecule has 2 heterocycles. The molecule has 4 aromatic rings. The lowest BCUT2D eigenvalue weighted by molar-refractivity contribution is 0.101. The Bertz CT molecular complexity index is 1360. The van der Waals surface area contributed by atoms with Gasteiger partial charge in [-0.15, -0.1) is 0 Å². The van der Waals surface area contributed by atoms with Gasteiger partial charge < -0.3 is 14.0 Å². The first-order chi connectivity index (χ1) is 15.0. The Morgan fingerprint density at radius 3 is 2.74 bits per heavy atom. The van der Waals surface area contributed by atoms with E-state index in [1.165, 1.54) is 11.1 Å². The zero-order valence-electron chi connectivity index (χ0n) is 17.8. The average Bonchev–Trinajstić information content (AvgIpc) is 3.25. The number of Topliss-reactive ketones (excluding diaryl/α,β-unsaturated/α-hetero) is 1. The summed E-state index contributed by atoms with van der Waals surface area (Å²) < 4.78 is 14.0. The van der Waals surface area contributed by atoms with Crippen LogP contribution in [-0.2, 0) is 13.7 Å². The summed E-state index contributed by atoms with van der Waals surface area (Å²) in [6.07, 6.45) is 3.83. The summed E-state index contributed by atoms with van der Waals surface area (Å²) in [6.45, 7) is 4.62. The van der Waals surface area contributed by atoms with Crippen molar-refractivity contribution in [3.63, 3.8) is 0 Å². The number of hydrogen-bond donors (Lipinski definition) is 0. The predicted molar refractivity (Wildman–Crippen MR) is 123 cm³/mol. The summed E-state index contributed by atoms with van der Waals surface area (Å²) in [5, 5.41) is 1.09. The number of carbonyl (C=O) groups is 1. The number of benzene rings is 3. The molecule has 0 spiro atoms. The van der Waals surface area contributed by atoms with Crippen LogP contribution in [0.3, 0.4) is 0 Å². The molecule has 1 aliphatic rings. The number of aromatic nitrogens is 1. The molecule has 1 aromatic heterocycles. The van der Waals surface area contributed by atoms with E-state index in [0.717, 1.165) is 22.0 Å². The van der Waals surface area contributed by atoms with Crippen LogP contribution in [0.2, 0.25) is 0 Å². The van der Waals surface area contributed by atoms with E-state index < -0.39 is 0 Å². The minimum atomic E-state index is -0.107. The molecule has 3 aromatic carbocycles. The van der Waals surface area contributed by atoms with E-state index in [1.54, 1.807) is 12.1 Å². The number of allylic oxidation sites excluding steroid dienone is 1. The minimum Gasteiger partial charge on any atom is -0.489 e. The second-order valence-corrected chi connectivity index (χ2v) is 8.03. The third-order valence-corrected chi connectivity index (χ3v) is 5.75. The molecule has 0 saturated carbocycles. The number of para-hydroxylation sites is 1. The van der Waals surface area contributed by atoms with Gasteiger partial charge in [0.1, 0.15) is 18.1 Å². The van der Waals surface area contributed by atoms with E-state index in [9.17, 15) is 4.79 Å². The van der Waals surface area contributed by atoms with Crippen molar-refractivity contribution in [3.05, 3.63) is 100 Å². The fourth-order valence-electron chi connectivity index (χ4n) is 4.00. The summed E-state index contributed by atoms with van der Waals surface area (Å²) in [5.74, 6) is 1.44. The number of carbonyl (C=O) groups excluding carboxylic acids is 1. The van der Waals surface area contributed by atoms with E-state index >= 15 is 0 Å². The van der Waals surface area contributed by atoms with Crippen LogP contribution in [0.25, 0.3) is 17.0 Å². The maximum absolute atomic E-state index is 12.9. The molecule has 0 unspecified atom stereocenters. The van der Waals surface area contributed by atoms with Crippen molar-refractivity contribution in [2.75, 3.05) is 0 Å². The lowest BCUT2D eigenvalue weighted by atomic mass is 10.1. The molecule has 5 rings (SSSR count). The van der Waals surface area contributed by atoms with Crippen LogP contribution in [0, 0.1) is 13.8 Å². The van der Waals surface area contributed by atoms with Gasteiger partial charge in [-0.2, -0.15) is 0 Å². The molecule has 0 fully saturated rings. The van der Waals surface area contributed by atoms with Crippen molar-refractivity contribution in [3.8, 4) is 11.5 Å². The first kappa shape index (κ1) is 19.2. The lowest BCUT2D eigenvalue weighted by Gasteiger charge is -2.10. The highest BCUT2D eigenvalue weighted by Gasteiger charge is 2.28. The maximum Gasteiger partial charge on any atom is 0.231 e. The number of ketones is 1. The first-order valence-corrected chi connectivity index (χ1v) is 10.3. The quantitative estimate of drug-likeness (QED) is 0.389. The van der Waals surface area contributed by atoms with Crippen molar-refractivity contribution < 1.29 is 14.3 Å². The molecule has 0 N–H and O–H groups in total. The molecule has 4 heteroatoms. The van der Waals surface area contributed by atoms with Crippen molar-refractivity contribution in [1.29, 1.82) is 0 Å².